The number of hydrogen-bond acceptors (Lipinski definition) is 5. The number of aryl methyl sites for hydroxylation is 1. The first-order valence-corrected chi connectivity index (χ1v) is 11.6. The Labute approximate surface area is 198 Å². The zero-order valence-corrected chi connectivity index (χ0v) is 19.4. The molecule has 0 fully saturated rings. The van der Waals surface area contributed by atoms with Crippen molar-refractivity contribution in [2.75, 3.05) is 18.0 Å². The predicted molar refractivity (Wildman–Crippen MR) is 130 cm³/mol. The molecule has 2 aliphatic heterocycles. The summed E-state index contributed by atoms with van der Waals surface area (Å²) in [5, 5.41) is 4.84. The van der Waals surface area contributed by atoms with E-state index >= 15 is 0 Å². The lowest BCUT2D eigenvalue weighted by Gasteiger charge is -2.36. The average molecular weight is 452 g/mol. The third-order valence-electron chi connectivity index (χ3n) is 6.85. The van der Waals surface area contributed by atoms with Crippen LogP contribution in [0.25, 0.3) is 11.3 Å². The fourth-order valence-electron chi connectivity index (χ4n) is 5.25. The molecule has 0 saturated carbocycles. The Morgan fingerprint density at radius 2 is 1.68 bits per heavy atom. The second-order valence-electron chi connectivity index (χ2n) is 8.59. The number of rotatable bonds is 4. The van der Waals surface area contributed by atoms with Crippen molar-refractivity contribution in [3.8, 4) is 22.9 Å². The molecular formula is C28H25N3O3. The second-order valence-corrected chi connectivity index (χ2v) is 8.59. The Morgan fingerprint density at radius 1 is 0.941 bits per heavy atom. The molecule has 3 heterocycles. The first-order valence-electron chi connectivity index (χ1n) is 11.6. The Bertz CT molecular complexity index is 1420. The number of fused-ring (bicyclic) bond motifs is 6. The Balaban J connectivity index is 1.68. The standard InChI is InChI=1S/C28H25N3O3/c1-4-31(5-2)19-15-16-22-23(17-19)33-26-24(25(29-30(26)3)18-11-7-6-8-12-18)28(22)21-14-10-9-13-20(21)27(32)34-28/h6-17H,4-5H2,1-3H3. The van der Waals surface area contributed by atoms with E-state index in [1.165, 1.54) is 0 Å². The van der Waals surface area contributed by atoms with Crippen molar-refractivity contribution < 1.29 is 14.3 Å². The van der Waals surface area contributed by atoms with Gasteiger partial charge >= 0.3 is 5.97 Å². The third-order valence-corrected chi connectivity index (χ3v) is 6.85. The number of aromatic nitrogens is 2. The molecule has 2 aliphatic rings. The summed E-state index contributed by atoms with van der Waals surface area (Å²) in [4.78, 5) is 15.4. The number of benzene rings is 3. The highest BCUT2D eigenvalue weighted by Gasteiger charge is 2.56. The minimum absolute atomic E-state index is 0.343. The molecule has 4 aromatic rings. The van der Waals surface area contributed by atoms with Gasteiger partial charge in [-0.3, -0.25) is 0 Å². The summed E-state index contributed by atoms with van der Waals surface area (Å²) >= 11 is 0. The first kappa shape index (κ1) is 20.5. The maximum Gasteiger partial charge on any atom is 0.340 e. The van der Waals surface area contributed by atoms with Crippen molar-refractivity contribution >= 4 is 11.7 Å². The fraction of sp³-hybridized carbons (Fsp3) is 0.214. The molecule has 6 heteroatoms. The SMILES string of the molecule is CCN(CC)c1ccc2c(c1)Oc1c(c(-c3ccccc3)nn1C)C21OC(=O)c2ccccc21. The second kappa shape index (κ2) is 7.48. The number of ether oxygens (including phenoxy) is 2. The van der Waals surface area contributed by atoms with Crippen molar-refractivity contribution in [1.82, 2.24) is 9.78 Å². The van der Waals surface area contributed by atoms with Crippen LogP contribution in [-0.2, 0) is 17.4 Å². The van der Waals surface area contributed by atoms with Gasteiger partial charge in [0.25, 0.3) is 0 Å². The van der Waals surface area contributed by atoms with Crippen LogP contribution in [0.2, 0.25) is 0 Å². The molecule has 1 aromatic heterocycles. The van der Waals surface area contributed by atoms with E-state index < -0.39 is 5.60 Å². The highest BCUT2D eigenvalue weighted by Crippen LogP contribution is 2.58. The molecule has 1 spiro atoms. The lowest BCUT2D eigenvalue weighted by Crippen LogP contribution is -2.33. The Hall–Kier alpha value is -4.06. The van der Waals surface area contributed by atoms with Gasteiger partial charge in [0.05, 0.1) is 11.1 Å². The summed E-state index contributed by atoms with van der Waals surface area (Å²) in [6, 6.07) is 23.7. The van der Waals surface area contributed by atoms with E-state index in [4.69, 9.17) is 14.6 Å². The van der Waals surface area contributed by atoms with Gasteiger partial charge in [0.15, 0.2) is 5.60 Å². The molecule has 0 radical (unpaired) electrons. The lowest BCUT2D eigenvalue weighted by atomic mass is 9.77. The molecule has 0 saturated heterocycles. The summed E-state index contributed by atoms with van der Waals surface area (Å²) in [5.41, 5.74) is 4.53. The van der Waals surface area contributed by atoms with E-state index in [0.29, 0.717) is 17.2 Å². The summed E-state index contributed by atoms with van der Waals surface area (Å²) in [6.07, 6.45) is 0. The van der Waals surface area contributed by atoms with Crippen LogP contribution in [0, 0.1) is 0 Å². The van der Waals surface area contributed by atoms with Gasteiger partial charge in [-0.05, 0) is 32.0 Å². The maximum atomic E-state index is 13.2. The van der Waals surface area contributed by atoms with Crippen LogP contribution in [0.3, 0.4) is 0 Å². The molecular weight excluding hydrogens is 426 g/mol. The molecule has 1 unspecified atom stereocenters. The largest absolute Gasteiger partial charge is 0.440 e. The molecule has 0 bridgehead atoms. The van der Waals surface area contributed by atoms with Crippen LogP contribution in [-0.4, -0.2) is 28.8 Å². The third kappa shape index (κ3) is 2.68. The highest BCUT2D eigenvalue weighted by atomic mass is 16.6. The average Bonchev–Trinajstić information content (AvgIpc) is 3.36. The topological polar surface area (TPSA) is 56.6 Å². The number of hydrogen-bond donors (Lipinski definition) is 0. The van der Waals surface area contributed by atoms with E-state index in [1.807, 2.05) is 73.8 Å². The van der Waals surface area contributed by atoms with E-state index in [0.717, 1.165) is 46.7 Å². The number of esters is 1. The number of carbonyl (C=O) groups is 1. The van der Waals surface area contributed by atoms with E-state index in [2.05, 4.69) is 24.8 Å². The van der Waals surface area contributed by atoms with Crippen molar-refractivity contribution in [3.05, 3.63) is 95.1 Å². The van der Waals surface area contributed by atoms with Gasteiger partial charge in [-0.15, -0.1) is 0 Å². The summed E-state index contributed by atoms with van der Waals surface area (Å²) in [5.74, 6) is 0.904. The van der Waals surface area contributed by atoms with E-state index in [1.54, 1.807) is 4.68 Å². The monoisotopic (exact) mass is 451 g/mol. The molecule has 0 aliphatic carbocycles. The van der Waals surface area contributed by atoms with Crippen LogP contribution in [0.4, 0.5) is 5.69 Å². The van der Waals surface area contributed by atoms with E-state index in [-0.39, 0.29) is 5.97 Å². The minimum Gasteiger partial charge on any atom is -0.440 e. The normalized spacial score (nSPS) is 17.6. The fourth-order valence-corrected chi connectivity index (χ4v) is 5.25. The summed E-state index contributed by atoms with van der Waals surface area (Å²) in [6.45, 7) is 6.03. The van der Waals surface area contributed by atoms with Crippen LogP contribution < -0.4 is 9.64 Å². The van der Waals surface area contributed by atoms with Crippen molar-refractivity contribution in [1.29, 1.82) is 0 Å². The van der Waals surface area contributed by atoms with Gasteiger partial charge < -0.3 is 14.4 Å². The quantitative estimate of drug-likeness (QED) is 0.384. The molecule has 170 valence electrons. The molecule has 0 amide bonds. The zero-order valence-electron chi connectivity index (χ0n) is 19.4. The Morgan fingerprint density at radius 3 is 2.44 bits per heavy atom. The van der Waals surface area contributed by atoms with Crippen LogP contribution in [0.1, 0.15) is 40.9 Å². The molecule has 0 N–H and O–H groups in total. The number of anilines is 1. The smallest absolute Gasteiger partial charge is 0.340 e. The predicted octanol–water partition coefficient (Wildman–Crippen LogP) is 5.50. The molecule has 3 aromatic carbocycles. The summed E-state index contributed by atoms with van der Waals surface area (Å²) < 4.78 is 14.6. The van der Waals surface area contributed by atoms with Gasteiger partial charge in [-0.1, -0.05) is 48.5 Å². The number of nitrogens with zero attached hydrogens (tertiary/aromatic N) is 3. The van der Waals surface area contributed by atoms with Crippen LogP contribution in [0.15, 0.2) is 72.8 Å². The first-order chi connectivity index (χ1) is 16.6. The number of carbonyl (C=O) groups excluding carboxylic acids is 1. The van der Waals surface area contributed by atoms with Crippen LogP contribution >= 0.6 is 0 Å². The van der Waals surface area contributed by atoms with Gasteiger partial charge in [0.1, 0.15) is 11.4 Å². The van der Waals surface area contributed by atoms with Gasteiger partial charge in [0, 0.05) is 48.6 Å². The van der Waals surface area contributed by atoms with Crippen molar-refractivity contribution in [2.24, 2.45) is 7.05 Å². The van der Waals surface area contributed by atoms with Crippen molar-refractivity contribution in [2.45, 2.75) is 19.4 Å². The molecule has 6 nitrogen and oxygen atoms in total. The maximum absolute atomic E-state index is 13.2. The van der Waals surface area contributed by atoms with Crippen molar-refractivity contribution in [3.63, 3.8) is 0 Å². The molecule has 6 rings (SSSR count). The lowest BCUT2D eigenvalue weighted by molar-refractivity contribution is 0.0224. The minimum atomic E-state index is -1.14. The molecule has 34 heavy (non-hydrogen) atoms. The van der Waals surface area contributed by atoms with Gasteiger partial charge in [-0.2, -0.15) is 5.10 Å². The zero-order chi connectivity index (χ0) is 23.4. The van der Waals surface area contributed by atoms with Crippen LogP contribution in [0.5, 0.6) is 11.6 Å². The van der Waals surface area contributed by atoms with E-state index in [9.17, 15) is 4.79 Å². The molecule has 1 atom stereocenters. The summed E-state index contributed by atoms with van der Waals surface area (Å²) in [7, 11) is 1.86. The van der Waals surface area contributed by atoms with Gasteiger partial charge in [0.2, 0.25) is 5.88 Å². The van der Waals surface area contributed by atoms with Gasteiger partial charge in [-0.25, -0.2) is 9.48 Å². The highest BCUT2D eigenvalue weighted by molar-refractivity contribution is 5.97. The Kier molecular flexibility index (Phi) is 4.52.